The minimum Gasteiger partial charge on any atom is -0.505 e. The summed E-state index contributed by atoms with van der Waals surface area (Å²) >= 11 is 0. The van der Waals surface area contributed by atoms with Gasteiger partial charge in [0, 0.05) is 30.2 Å². The summed E-state index contributed by atoms with van der Waals surface area (Å²) in [6, 6.07) is 10.8. The zero-order valence-electron chi connectivity index (χ0n) is 25.7. The lowest BCUT2D eigenvalue weighted by molar-refractivity contribution is 0.217. The van der Waals surface area contributed by atoms with Crippen molar-refractivity contribution in [3.05, 3.63) is 60.2 Å². The van der Waals surface area contributed by atoms with Crippen LogP contribution in [0.25, 0.3) is 10.8 Å². The van der Waals surface area contributed by atoms with Crippen molar-refractivity contribution in [2.45, 2.75) is 21.6 Å². The van der Waals surface area contributed by atoms with Gasteiger partial charge in [0.1, 0.15) is 22.0 Å². The number of aromatic hydroxyl groups is 1. The van der Waals surface area contributed by atoms with E-state index in [0.29, 0.717) is 11.3 Å². The third-order valence-corrected chi connectivity index (χ3v) is 10.5. The van der Waals surface area contributed by atoms with E-state index in [4.69, 9.17) is 10.5 Å². The van der Waals surface area contributed by atoms with E-state index >= 15 is 0 Å². The van der Waals surface area contributed by atoms with Crippen molar-refractivity contribution in [3.63, 3.8) is 0 Å². The van der Waals surface area contributed by atoms with Crippen LogP contribution in [0.2, 0.25) is 0 Å². The Morgan fingerprint density at radius 1 is 0.776 bits per heavy atom. The molecule has 21 heteroatoms. The number of anilines is 1. The first-order valence-electron chi connectivity index (χ1n) is 13.8. The minimum atomic E-state index is -5.08. The van der Waals surface area contributed by atoms with E-state index in [0.717, 1.165) is 22.5 Å². The molecule has 4 aromatic rings. The zero-order valence-corrected chi connectivity index (χ0v) is 28.1. The molecule has 0 unspecified atom stereocenters. The summed E-state index contributed by atoms with van der Waals surface area (Å²) in [6.07, 6.45) is 0. The molecule has 0 aliphatic carbocycles. The molecule has 49 heavy (non-hydrogen) atoms. The number of aryl methyl sites for hydroxylation is 1. The van der Waals surface area contributed by atoms with Crippen molar-refractivity contribution in [1.29, 1.82) is 0 Å². The monoisotopic (exact) mass is 738 g/mol. The molecule has 7 N–H and O–H groups in total. The van der Waals surface area contributed by atoms with Crippen LogP contribution < -0.4 is 10.5 Å². The number of azo groups is 2. The molecule has 0 amide bonds. The minimum absolute atomic E-state index is 0.0271. The molecule has 4 rings (SSSR count). The highest BCUT2D eigenvalue weighted by Crippen LogP contribution is 2.45. The predicted molar refractivity (Wildman–Crippen MR) is 175 cm³/mol. The quantitative estimate of drug-likeness (QED) is 0.0648. The molecule has 0 fully saturated rings. The van der Waals surface area contributed by atoms with Gasteiger partial charge in [0.15, 0.2) is 5.75 Å². The van der Waals surface area contributed by atoms with E-state index in [1.54, 1.807) is 6.92 Å². The van der Waals surface area contributed by atoms with Crippen LogP contribution in [0, 0.1) is 6.92 Å². The molecule has 0 saturated heterocycles. The molecule has 0 spiro atoms. The third kappa shape index (κ3) is 8.17. The molecule has 0 radical (unpaired) electrons. The van der Waals surface area contributed by atoms with Crippen LogP contribution in [0.1, 0.15) is 5.56 Å². The van der Waals surface area contributed by atoms with Crippen LogP contribution >= 0.6 is 0 Å². The highest BCUT2D eigenvalue weighted by molar-refractivity contribution is 7.89. The molecule has 262 valence electrons. The maximum absolute atomic E-state index is 12.8. The van der Waals surface area contributed by atoms with Gasteiger partial charge in [0.05, 0.1) is 41.5 Å². The van der Waals surface area contributed by atoms with Gasteiger partial charge < -0.3 is 25.8 Å². The van der Waals surface area contributed by atoms with Crippen molar-refractivity contribution in [2.75, 3.05) is 39.1 Å². The van der Waals surface area contributed by atoms with Gasteiger partial charge in [-0.25, -0.2) is 8.42 Å². The number of fused-ring (bicyclic) bond motifs is 1. The lowest BCUT2D eigenvalue weighted by atomic mass is 10.1. The maximum Gasteiger partial charge on any atom is 0.296 e. The first-order chi connectivity index (χ1) is 22.9. The van der Waals surface area contributed by atoms with Crippen molar-refractivity contribution in [1.82, 2.24) is 4.31 Å². The second-order valence-corrected chi connectivity index (χ2v) is 14.9. The number of nitrogens with zero attached hydrogens (tertiary/aromatic N) is 5. The van der Waals surface area contributed by atoms with E-state index in [9.17, 15) is 49.7 Å². The zero-order chi connectivity index (χ0) is 36.3. The summed E-state index contributed by atoms with van der Waals surface area (Å²) in [6.45, 7) is 0.389. The number of hydrogen-bond acceptors (Lipinski definition) is 15. The number of phenols is 1. The average Bonchev–Trinajstić information content (AvgIpc) is 3.02. The maximum atomic E-state index is 12.8. The molecule has 0 aliphatic heterocycles. The Balaban J connectivity index is 1.70. The van der Waals surface area contributed by atoms with Gasteiger partial charge in [0.25, 0.3) is 20.2 Å². The fraction of sp³-hybridized carbons (Fsp3) is 0.214. The van der Waals surface area contributed by atoms with Gasteiger partial charge in [-0.3, -0.25) is 9.11 Å². The van der Waals surface area contributed by atoms with Crippen molar-refractivity contribution >= 4 is 69.5 Å². The van der Waals surface area contributed by atoms with Crippen molar-refractivity contribution < 1.29 is 54.4 Å². The number of ether oxygens (including phenoxy) is 1. The number of aliphatic hydroxyl groups is 2. The summed E-state index contributed by atoms with van der Waals surface area (Å²) in [5.74, 6) is -0.786. The number of benzene rings is 4. The van der Waals surface area contributed by atoms with Crippen LogP contribution in [0.3, 0.4) is 0 Å². The van der Waals surface area contributed by atoms with Gasteiger partial charge in [-0.2, -0.15) is 31.4 Å². The number of nitrogens with two attached hydrogens (primary N) is 1. The molecule has 0 saturated carbocycles. The average molecular weight is 739 g/mol. The van der Waals surface area contributed by atoms with Gasteiger partial charge in [0.2, 0.25) is 10.0 Å². The largest absolute Gasteiger partial charge is 0.505 e. The van der Waals surface area contributed by atoms with E-state index in [-0.39, 0.29) is 51.6 Å². The molecule has 4 aromatic carbocycles. The topological polar surface area (TPSA) is 291 Å². The second-order valence-electron chi connectivity index (χ2n) is 10.2. The van der Waals surface area contributed by atoms with Gasteiger partial charge in [-0.05, 0) is 66.4 Å². The number of nitrogen functional groups attached to an aromatic ring is 1. The predicted octanol–water partition coefficient (Wildman–Crippen LogP) is 3.74. The van der Waals surface area contributed by atoms with E-state index < -0.39 is 64.7 Å². The fourth-order valence-corrected chi connectivity index (χ4v) is 7.20. The van der Waals surface area contributed by atoms with Crippen LogP contribution in [0.5, 0.6) is 11.5 Å². The molecule has 0 aromatic heterocycles. The molecule has 0 aliphatic rings. The Hall–Kier alpha value is -4.61. The van der Waals surface area contributed by atoms with E-state index in [2.05, 4.69) is 20.5 Å². The Labute approximate surface area is 280 Å². The smallest absolute Gasteiger partial charge is 0.296 e. The SMILES string of the molecule is COc1cc(/N=N/c2ccc(S(=O)(=O)N(CCO)CCO)cc2)c(C)cc1/N=N/c1c(S(=O)(=O)O)cc2cc(S(=O)(=O)O)cc(N)c2c1O. The molecule has 0 heterocycles. The van der Waals surface area contributed by atoms with Crippen LogP contribution in [0.4, 0.5) is 28.4 Å². The molecular formula is C28H30N6O12S3. The highest BCUT2D eigenvalue weighted by atomic mass is 32.2. The van der Waals surface area contributed by atoms with Crippen LogP contribution in [0.15, 0.2) is 89.7 Å². The Kier molecular flexibility index (Phi) is 11.0. The van der Waals surface area contributed by atoms with Crippen molar-refractivity contribution in [3.8, 4) is 11.5 Å². The number of phenolic OH excluding ortho intramolecular Hbond substituents is 1. The molecule has 0 bridgehead atoms. The van der Waals surface area contributed by atoms with Gasteiger partial charge in [-0.1, -0.05) is 0 Å². The Bertz CT molecular complexity index is 2290. The lowest BCUT2D eigenvalue weighted by Gasteiger charge is -2.20. The first kappa shape index (κ1) is 37.2. The number of rotatable bonds is 13. The number of aliphatic hydroxyl groups excluding tert-OH is 2. The van der Waals surface area contributed by atoms with Crippen LogP contribution in [-0.2, 0) is 30.3 Å². The van der Waals surface area contributed by atoms with Gasteiger partial charge in [-0.15, -0.1) is 10.2 Å². The molecule has 0 atom stereocenters. The first-order valence-corrected chi connectivity index (χ1v) is 18.1. The second kappa shape index (κ2) is 14.5. The molecule has 18 nitrogen and oxygen atoms in total. The Morgan fingerprint density at radius 2 is 1.39 bits per heavy atom. The summed E-state index contributed by atoms with van der Waals surface area (Å²) in [4.78, 5) is -1.71. The molecular weight excluding hydrogens is 709 g/mol. The highest BCUT2D eigenvalue weighted by Gasteiger charge is 2.26. The third-order valence-electron chi connectivity index (χ3n) is 6.93. The summed E-state index contributed by atoms with van der Waals surface area (Å²) < 4.78 is 99.0. The van der Waals surface area contributed by atoms with Crippen LogP contribution in [-0.4, -0.2) is 87.4 Å². The fourth-order valence-electron chi connectivity index (χ4n) is 4.57. The van der Waals surface area contributed by atoms with E-state index in [1.807, 2.05) is 0 Å². The number of hydrogen-bond donors (Lipinski definition) is 6. The summed E-state index contributed by atoms with van der Waals surface area (Å²) in [5, 5.41) is 45.0. The lowest BCUT2D eigenvalue weighted by Crippen LogP contribution is -2.35. The summed E-state index contributed by atoms with van der Waals surface area (Å²) in [7, 11) is -12.5. The van der Waals surface area contributed by atoms with Crippen molar-refractivity contribution in [2.24, 2.45) is 20.5 Å². The van der Waals surface area contributed by atoms with Gasteiger partial charge >= 0.3 is 0 Å². The summed E-state index contributed by atoms with van der Waals surface area (Å²) in [5.41, 5.74) is 5.89. The number of sulfonamides is 1. The Morgan fingerprint density at radius 3 is 1.94 bits per heavy atom. The normalized spacial score (nSPS) is 12.9. The standard InChI is InChI=1S/C28H30N6O12S3/c1-16-11-23(32-33-27-25(49(43,44)45)13-17-12-20(48(40,41)42)14-21(29)26(17)28(27)37)24(46-2)15-22(16)31-30-18-3-5-19(6-4-18)47(38,39)34(7-9-35)8-10-36/h3-6,11-15,35-37H,7-10,29H2,1-2H3,(H,40,41,42)(H,43,44,45)/b31-30+,33-32+. The van der Waals surface area contributed by atoms with E-state index in [1.165, 1.54) is 43.5 Å². The number of methoxy groups -OCH3 is 1.